The third-order valence-corrected chi connectivity index (χ3v) is 9.66. The van der Waals surface area contributed by atoms with Gasteiger partial charge in [0.05, 0.1) is 0 Å². The summed E-state index contributed by atoms with van der Waals surface area (Å²) in [6.45, 7) is 13.5. The summed E-state index contributed by atoms with van der Waals surface area (Å²) in [5.74, 6) is 0.256. The van der Waals surface area contributed by atoms with Crippen LogP contribution in [-0.4, -0.2) is 36.1 Å². The quantitative estimate of drug-likeness (QED) is 0.521. The highest BCUT2D eigenvalue weighted by Gasteiger charge is 2.66. The molecule has 1 unspecified atom stereocenters. The molecule has 6 heteroatoms. The van der Waals surface area contributed by atoms with Gasteiger partial charge < -0.3 is 14.8 Å². The lowest BCUT2D eigenvalue weighted by atomic mass is 9.43. The Hall–Kier alpha value is -1.85. The van der Waals surface area contributed by atoms with Gasteiger partial charge in [-0.1, -0.05) is 26.0 Å². The Morgan fingerprint density at radius 1 is 0.906 bits per heavy atom. The van der Waals surface area contributed by atoms with Crippen LogP contribution >= 0.6 is 0 Å². The van der Waals surface area contributed by atoms with E-state index in [0.29, 0.717) is 11.8 Å². The molecule has 0 spiro atoms. The maximum Gasteiger partial charge on any atom is 0.303 e. The van der Waals surface area contributed by atoms with Gasteiger partial charge in [-0.25, -0.2) is 0 Å². The fourth-order valence-electron chi connectivity index (χ4n) is 8.21. The van der Waals surface area contributed by atoms with Crippen LogP contribution in [0.15, 0.2) is 12.2 Å². The average Bonchev–Trinajstić information content (AvgIpc) is 2.99. The number of fused-ring (bicyclic) bond motifs is 5. The predicted molar refractivity (Wildman–Crippen MR) is 120 cm³/mol. The van der Waals surface area contributed by atoms with E-state index in [0.717, 1.165) is 44.9 Å². The Morgan fingerprint density at radius 3 is 2.19 bits per heavy atom. The molecule has 0 saturated heterocycles. The summed E-state index contributed by atoms with van der Waals surface area (Å²) in [7, 11) is 0. The van der Waals surface area contributed by atoms with Crippen molar-refractivity contribution in [1.29, 1.82) is 0 Å². The fraction of sp³-hybridized carbons (Fsp3) is 0.808. The van der Waals surface area contributed by atoms with Crippen LogP contribution in [0.4, 0.5) is 0 Å². The fourth-order valence-corrected chi connectivity index (χ4v) is 8.21. The van der Waals surface area contributed by atoms with E-state index in [4.69, 9.17) is 9.47 Å². The molecule has 9 atom stereocenters. The van der Waals surface area contributed by atoms with Crippen LogP contribution in [0.5, 0.6) is 0 Å². The Morgan fingerprint density at radius 2 is 1.56 bits per heavy atom. The molecule has 1 N–H and O–H groups in total. The first-order valence-corrected chi connectivity index (χ1v) is 12.3. The SMILES string of the molecule is C=C1CC[C@H]2C3[C@@H](OC(C)=O)[C@H](OC(C)=O)[C@H]4C[C@@H](NC(C)=O)CC[C@]4(C)[C@H]3CC[C@]12C. The van der Waals surface area contributed by atoms with E-state index in [1.807, 2.05) is 0 Å². The van der Waals surface area contributed by atoms with Gasteiger partial charge in [0.1, 0.15) is 12.2 Å². The Labute approximate surface area is 191 Å². The molecule has 0 aromatic heterocycles. The lowest BCUT2D eigenvalue weighted by Gasteiger charge is -2.64. The minimum absolute atomic E-state index is 0.0261. The summed E-state index contributed by atoms with van der Waals surface area (Å²) >= 11 is 0. The number of carbonyl (C=O) groups is 3. The van der Waals surface area contributed by atoms with Crippen molar-refractivity contribution in [3.8, 4) is 0 Å². The second-order valence-electron chi connectivity index (χ2n) is 11.3. The van der Waals surface area contributed by atoms with E-state index in [9.17, 15) is 14.4 Å². The third kappa shape index (κ3) is 3.67. The van der Waals surface area contributed by atoms with Crippen LogP contribution in [0.1, 0.15) is 79.6 Å². The average molecular weight is 446 g/mol. The molecule has 0 bridgehead atoms. The van der Waals surface area contributed by atoms with Gasteiger partial charge in [0.15, 0.2) is 0 Å². The number of hydrogen-bond donors (Lipinski definition) is 1. The first kappa shape index (κ1) is 23.3. The van der Waals surface area contributed by atoms with Crippen LogP contribution < -0.4 is 5.32 Å². The van der Waals surface area contributed by atoms with Gasteiger partial charge >= 0.3 is 11.9 Å². The number of allylic oxidation sites excluding steroid dienone is 1. The molecule has 6 nitrogen and oxygen atoms in total. The zero-order valence-electron chi connectivity index (χ0n) is 20.2. The number of amides is 1. The molecule has 0 heterocycles. The van der Waals surface area contributed by atoms with Crippen LogP contribution in [0, 0.1) is 34.5 Å². The van der Waals surface area contributed by atoms with E-state index in [2.05, 4.69) is 25.7 Å². The first-order chi connectivity index (χ1) is 15.0. The van der Waals surface area contributed by atoms with Crippen molar-refractivity contribution in [3.63, 3.8) is 0 Å². The van der Waals surface area contributed by atoms with E-state index in [-0.39, 0.29) is 46.6 Å². The molecular formula is C26H39NO5. The van der Waals surface area contributed by atoms with Crippen molar-refractivity contribution in [2.24, 2.45) is 34.5 Å². The smallest absolute Gasteiger partial charge is 0.303 e. The maximum atomic E-state index is 12.3. The highest BCUT2D eigenvalue weighted by molar-refractivity contribution is 5.73. The number of carbonyl (C=O) groups excluding carboxylic acids is 3. The van der Waals surface area contributed by atoms with Crippen molar-refractivity contribution in [2.45, 2.75) is 97.8 Å². The number of nitrogens with one attached hydrogen (secondary N) is 1. The van der Waals surface area contributed by atoms with Crippen LogP contribution in [-0.2, 0) is 23.9 Å². The lowest BCUT2D eigenvalue weighted by molar-refractivity contribution is -0.233. The topological polar surface area (TPSA) is 81.7 Å². The van der Waals surface area contributed by atoms with Gasteiger partial charge in [-0.15, -0.1) is 0 Å². The minimum Gasteiger partial charge on any atom is -0.458 e. The zero-order valence-corrected chi connectivity index (χ0v) is 20.2. The zero-order chi connectivity index (χ0) is 23.4. The largest absolute Gasteiger partial charge is 0.458 e. The maximum absolute atomic E-state index is 12.3. The predicted octanol–water partition coefficient (Wildman–Crippen LogP) is 4.17. The van der Waals surface area contributed by atoms with Crippen LogP contribution in [0.25, 0.3) is 0 Å². The molecule has 32 heavy (non-hydrogen) atoms. The van der Waals surface area contributed by atoms with Gasteiger partial charge in [-0.3, -0.25) is 14.4 Å². The van der Waals surface area contributed by atoms with Gasteiger partial charge in [0.2, 0.25) is 5.91 Å². The molecule has 4 aliphatic rings. The summed E-state index contributed by atoms with van der Waals surface area (Å²) in [6, 6.07) is 0.0540. The van der Waals surface area contributed by atoms with Crippen molar-refractivity contribution in [1.82, 2.24) is 5.32 Å². The van der Waals surface area contributed by atoms with Crippen molar-refractivity contribution in [2.75, 3.05) is 0 Å². The molecule has 4 fully saturated rings. The second-order valence-corrected chi connectivity index (χ2v) is 11.3. The standard InChI is InChI=1S/C26H39NO5/c1-14-7-8-19-22-20(10-12-25(14,19)5)26(6)11-9-18(27-15(2)28)13-21(26)23(31-16(3)29)24(22)32-17(4)30/h18-24H,1,7-13H2,2-6H3,(H,27,28)/t18-,19-,20-,21+,22?,23+,24+,25+,26+/m0/s1. The van der Waals surface area contributed by atoms with E-state index in [1.54, 1.807) is 6.92 Å². The van der Waals surface area contributed by atoms with Gasteiger partial charge in [0, 0.05) is 38.6 Å². The number of hydrogen-bond acceptors (Lipinski definition) is 5. The molecule has 0 radical (unpaired) electrons. The van der Waals surface area contributed by atoms with E-state index in [1.165, 1.54) is 19.4 Å². The molecule has 178 valence electrons. The van der Waals surface area contributed by atoms with Gasteiger partial charge in [-0.05, 0) is 67.6 Å². The monoisotopic (exact) mass is 445 g/mol. The number of esters is 2. The van der Waals surface area contributed by atoms with Crippen molar-refractivity contribution in [3.05, 3.63) is 12.2 Å². The minimum atomic E-state index is -0.490. The van der Waals surface area contributed by atoms with E-state index >= 15 is 0 Å². The molecular weight excluding hydrogens is 406 g/mol. The summed E-state index contributed by atoms with van der Waals surface area (Å²) in [4.78, 5) is 36.3. The van der Waals surface area contributed by atoms with Crippen LogP contribution in [0.2, 0.25) is 0 Å². The molecule has 0 aliphatic heterocycles. The normalized spacial score (nSPS) is 45.2. The molecule has 4 rings (SSSR count). The Balaban J connectivity index is 1.78. The summed E-state index contributed by atoms with van der Waals surface area (Å²) in [6.07, 6.45) is 5.94. The summed E-state index contributed by atoms with van der Waals surface area (Å²) < 4.78 is 12.0. The summed E-state index contributed by atoms with van der Waals surface area (Å²) in [5.41, 5.74) is 1.34. The van der Waals surface area contributed by atoms with Crippen molar-refractivity contribution >= 4 is 17.8 Å². The second kappa shape index (κ2) is 8.18. The summed E-state index contributed by atoms with van der Waals surface area (Å²) in [5, 5.41) is 3.08. The molecule has 4 aliphatic carbocycles. The number of ether oxygens (including phenoxy) is 2. The molecule has 1 amide bonds. The van der Waals surface area contributed by atoms with E-state index < -0.39 is 12.2 Å². The molecule has 4 saturated carbocycles. The Kier molecular flexibility index (Phi) is 5.96. The Bertz CT molecular complexity index is 823. The molecule has 0 aromatic carbocycles. The number of rotatable bonds is 3. The molecule has 0 aromatic rings. The van der Waals surface area contributed by atoms with Crippen molar-refractivity contribution < 1.29 is 23.9 Å². The lowest BCUT2D eigenvalue weighted by Crippen LogP contribution is -2.66. The first-order valence-electron chi connectivity index (χ1n) is 12.3. The highest BCUT2D eigenvalue weighted by atomic mass is 16.6. The third-order valence-electron chi connectivity index (χ3n) is 9.66. The van der Waals surface area contributed by atoms with Gasteiger partial charge in [-0.2, -0.15) is 0 Å². The van der Waals surface area contributed by atoms with Crippen LogP contribution in [0.3, 0.4) is 0 Å². The highest BCUT2D eigenvalue weighted by Crippen LogP contribution is 2.67. The van der Waals surface area contributed by atoms with Gasteiger partial charge in [0.25, 0.3) is 0 Å².